The van der Waals surface area contributed by atoms with Crippen LogP contribution in [0.3, 0.4) is 0 Å². The lowest BCUT2D eigenvalue weighted by molar-refractivity contribution is 0.251. The molecule has 0 bridgehead atoms. The van der Waals surface area contributed by atoms with E-state index in [0.717, 1.165) is 11.6 Å². The molecule has 0 spiro atoms. The van der Waals surface area contributed by atoms with Crippen molar-refractivity contribution in [1.29, 1.82) is 0 Å². The van der Waals surface area contributed by atoms with E-state index in [9.17, 15) is 13.2 Å². The van der Waals surface area contributed by atoms with E-state index in [2.05, 4.69) is 0 Å². The third-order valence-electron chi connectivity index (χ3n) is 3.74. The minimum atomic E-state index is -0.867. The van der Waals surface area contributed by atoms with Gasteiger partial charge in [0.2, 0.25) is 0 Å². The van der Waals surface area contributed by atoms with Gasteiger partial charge in [-0.15, -0.1) is 0 Å². The highest BCUT2D eigenvalue weighted by Crippen LogP contribution is 2.24. The van der Waals surface area contributed by atoms with Crippen molar-refractivity contribution in [3.63, 3.8) is 0 Å². The van der Waals surface area contributed by atoms with E-state index < -0.39 is 17.5 Å². The Hall–Kier alpha value is -2.01. The fourth-order valence-electron chi connectivity index (χ4n) is 2.26. The predicted molar refractivity (Wildman–Crippen MR) is 79.2 cm³/mol. The van der Waals surface area contributed by atoms with Crippen molar-refractivity contribution in [3.8, 4) is 5.75 Å². The van der Waals surface area contributed by atoms with Crippen LogP contribution in [0.1, 0.15) is 24.1 Å². The van der Waals surface area contributed by atoms with Crippen LogP contribution in [0.2, 0.25) is 0 Å². The van der Waals surface area contributed by atoms with Crippen molar-refractivity contribution < 1.29 is 17.9 Å². The van der Waals surface area contributed by atoms with E-state index in [1.807, 2.05) is 18.9 Å². The van der Waals surface area contributed by atoms with E-state index in [4.69, 9.17) is 4.74 Å². The maximum Gasteiger partial charge on any atom is 0.165 e. The van der Waals surface area contributed by atoms with Crippen LogP contribution in [-0.2, 0) is 6.54 Å². The van der Waals surface area contributed by atoms with E-state index in [1.54, 1.807) is 18.2 Å². The number of ether oxygens (including phenoxy) is 1. The SMILES string of the molecule is COc1ccc(CN(C)C(C)c2ccc(F)c(F)c2)cc1F. The van der Waals surface area contributed by atoms with E-state index >= 15 is 0 Å². The van der Waals surface area contributed by atoms with Gasteiger partial charge in [-0.3, -0.25) is 4.90 Å². The number of nitrogens with zero attached hydrogens (tertiary/aromatic N) is 1. The molecule has 2 aromatic carbocycles. The van der Waals surface area contributed by atoms with Crippen molar-refractivity contribution >= 4 is 0 Å². The summed E-state index contributed by atoms with van der Waals surface area (Å²) in [7, 11) is 3.25. The van der Waals surface area contributed by atoms with E-state index in [-0.39, 0.29) is 11.8 Å². The maximum atomic E-state index is 13.7. The zero-order chi connectivity index (χ0) is 16.3. The van der Waals surface area contributed by atoms with Crippen LogP contribution in [-0.4, -0.2) is 19.1 Å². The second-order valence-electron chi connectivity index (χ2n) is 5.23. The second-order valence-corrected chi connectivity index (χ2v) is 5.23. The highest BCUT2D eigenvalue weighted by molar-refractivity contribution is 5.29. The average Bonchev–Trinajstić information content (AvgIpc) is 2.49. The molecule has 0 N–H and O–H groups in total. The summed E-state index contributed by atoms with van der Waals surface area (Å²) in [5.41, 5.74) is 1.44. The zero-order valence-corrected chi connectivity index (χ0v) is 12.7. The molecule has 2 rings (SSSR count). The molecular formula is C17H18F3NO. The van der Waals surface area contributed by atoms with Gasteiger partial charge in [-0.05, 0) is 49.4 Å². The first kappa shape index (κ1) is 16.4. The number of rotatable bonds is 5. The summed E-state index contributed by atoms with van der Waals surface area (Å²) in [4.78, 5) is 1.92. The molecule has 0 radical (unpaired) electrons. The van der Waals surface area contributed by atoms with Gasteiger partial charge in [0, 0.05) is 12.6 Å². The highest BCUT2D eigenvalue weighted by Gasteiger charge is 2.15. The van der Waals surface area contributed by atoms with Gasteiger partial charge in [0.15, 0.2) is 23.2 Å². The van der Waals surface area contributed by atoms with Crippen LogP contribution >= 0.6 is 0 Å². The van der Waals surface area contributed by atoms with E-state index in [0.29, 0.717) is 12.1 Å². The average molecular weight is 309 g/mol. The Labute approximate surface area is 128 Å². The monoisotopic (exact) mass is 309 g/mol. The van der Waals surface area contributed by atoms with Gasteiger partial charge < -0.3 is 4.74 Å². The third kappa shape index (κ3) is 3.60. The molecule has 0 fully saturated rings. The Bertz CT molecular complexity index is 660. The maximum absolute atomic E-state index is 13.7. The highest BCUT2D eigenvalue weighted by atomic mass is 19.2. The molecule has 0 aliphatic rings. The third-order valence-corrected chi connectivity index (χ3v) is 3.74. The van der Waals surface area contributed by atoms with Gasteiger partial charge in [0.25, 0.3) is 0 Å². The van der Waals surface area contributed by atoms with Gasteiger partial charge in [-0.2, -0.15) is 0 Å². The number of hydrogen-bond acceptors (Lipinski definition) is 2. The van der Waals surface area contributed by atoms with Crippen molar-refractivity contribution in [2.75, 3.05) is 14.2 Å². The fraction of sp³-hybridized carbons (Fsp3) is 0.294. The molecule has 0 amide bonds. The molecule has 1 unspecified atom stereocenters. The van der Waals surface area contributed by atoms with Crippen molar-refractivity contribution in [2.24, 2.45) is 0 Å². The second kappa shape index (κ2) is 6.83. The van der Waals surface area contributed by atoms with Crippen LogP contribution < -0.4 is 4.74 Å². The first-order chi connectivity index (χ1) is 10.4. The largest absolute Gasteiger partial charge is 0.494 e. The number of halogens is 3. The molecule has 0 aliphatic carbocycles. The molecule has 22 heavy (non-hydrogen) atoms. The molecule has 0 heterocycles. The lowest BCUT2D eigenvalue weighted by atomic mass is 10.1. The summed E-state index contributed by atoms with van der Waals surface area (Å²) in [5, 5.41) is 0. The van der Waals surface area contributed by atoms with Crippen molar-refractivity contribution in [3.05, 3.63) is 65.0 Å². The van der Waals surface area contributed by atoms with Gasteiger partial charge in [0.1, 0.15) is 0 Å². The first-order valence-electron chi connectivity index (χ1n) is 6.90. The Balaban J connectivity index is 2.12. The van der Waals surface area contributed by atoms with Gasteiger partial charge in [0.05, 0.1) is 7.11 Å². The summed E-state index contributed by atoms with van der Waals surface area (Å²) >= 11 is 0. The molecule has 5 heteroatoms. The van der Waals surface area contributed by atoms with Crippen LogP contribution in [0.15, 0.2) is 36.4 Å². The summed E-state index contributed by atoms with van der Waals surface area (Å²) in [6, 6.07) is 8.46. The minimum absolute atomic E-state index is 0.139. The minimum Gasteiger partial charge on any atom is -0.494 e. The summed E-state index contributed by atoms with van der Waals surface area (Å²) < 4.78 is 44.9. The lowest BCUT2D eigenvalue weighted by Crippen LogP contribution is -2.22. The Kier molecular flexibility index (Phi) is 5.08. The smallest absolute Gasteiger partial charge is 0.165 e. The molecule has 0 aliphatic heterocycles. The number of hydrogen-bond donors (Lipinski definition) is 0. The quantitative estimate of drug-likeness (QED) is 0.816. The summed E-state index contributed by atoms with van der Waals surface area (Å²) in [6.07, 6.45) is 0. The molecule has 0 saturated carbocycles. The predicted octanol–water partition coefficient (Wildman–Crippen LogP) is 4.31. The lowest BCUT2D eigenvalue weighted by Gasteiger charge is -2.25. The van der Waals surface area contributed by atoms with E-state index in [1.165, 1.54) is 19.2 Å². The van der Waals surface area contributed by atoms with Gasteiger partial charge in [-0.25, -0.2) is 13.2 Å². The fourth-order valence-corrected chi connectivity index (χ4v) is 2.26. The molecule has 0 aromatic heterocycles. The molecular weight excluding hydrogens is 291 g/mol. The van der Waals surface area contributed by atoms with Crippen molar-refractivity contribution in [2.45, 2.75) is 19.5 Å². The molecule has 1 atom stereocenters. The normalized spacial score (nSPS) is 12.5. The van der Waals surface area contributed by atoms with Crippen LogP contribution in [0.25, 0.3) is 0 Å². The first-order valence-corrected chi connectivity index (χ1v) is 6.90. The van der Waals surface area contributed by atoms with Crippen molar-refractivity contribution in [1.82, 2.24) is 4.90 Å². The molecule has 2 nitrogen and oxygen atoms in total. The molecule has 118 valence electrons. The standard InChI is InChI=1S/C17H18F3NO/c1-11(13-5-6-14(18)15(19)9-13)21(2)10-12-4-7-17(22-3)16(20)8-12/h4-9,11H,10H2,1-3H3. The Morgan fingerprint density at radius 1 is 1.00 bits per heavy atom. The zero-order valence-electron chi connectivity index (χ0n) is 12.7. The number of benzene rings is 2. The summed E-state index contributed by atoms with van der Waals surface area (Å²) in [5.74, 6) is -1.96. The summed E-state index contributed by atoms with van der Waals surface area (Å²) in [6.45, 7) is 2.35. The van der Waals surface area contributed by atoms with Crippen LogP contribution in [0.4, 0.5) is 13.2 Å². The molecule has 0 saturated heterocycles. The van der Waals surface area contributed by atoms with Gasteiger partial charge in [-0.1, -0.05) is 12.1 Å². The van der Waals surface area contributed by atoms with Crippen LogP contribution in [0, 0.1) is 17.5 Å². The number of methoxy groups -OCH3 is 1. The van der Waals surface area contributed by atoms with Crippen LogP contribution in [0.5, 0.6) is 5.75 Å². The topological polar surface area (TPSA) is 12.5 Å². The Morgan fingerprint density at radius 3 is 2.32 bits per heavy atom. The Morgan fingerprint density at radius 2 is 1.73 bits per heavy atom. The molecule has 2 aromatic rings. The van der Waals surface area contributed by atoms with Gasteiger partial charge >= 0.3 is 0 Å².